The first-order valence-corrected chi connectivity index (χ1v) is 36.0. The average Bonchev–Trinajstić information content (AvgIpc) is 0.832. The van der Waals surface area contributed by atoms with E-state index in [1.54, 1.807) is 0 Å². The van der Waals surface area contributed by atoms with Crippen molar-refractivity contribution in [3.63, 3.8) is 0 Å². The van der Waals surface area contributed by atoms with Crippen molar-refractivity contribution in [2.24, 2.45) is 0 Å². The van der Waals surface area contributed by atoms with Crippen LogP contribution in [0.25, 0.3) is 0 Å². The molecule has 0 aliphatic heterocycles. The average molecular weight is 1490 g/mol. The molecule has 32 heteroatoms. The SMILES string of the molecule is CCCCCC.CCCC[N+](CCCC)(CCCC)CCCC.CCCC[N+](CCCC)(CCCC)CCCC.Fc1c(F)c(F)c(NC(=S)NCCN(CCNC(=S)Nc2c(F)c(F)c(F)c(F)c2F)CCNC(=S)Nc2c(F)c(F)c(F)c(F)c2F)c(F)c1F.O=S(=O)([O-])[O-]. The predicted octanol–water partition coefficient (Wildman–Crippen LogP) is 17.6. The number of rotatable bonds is 39. The van der Waals surface area contributed by atoms with Crippen LogP contribution in [0.3, 0.4) is 0 Å². The van der Waals surface area contributed by atoms with Crippen LogP contribution < -0.4 is 31.9 Å². The molecule has 0 amide bonds. The first-order valence-electron chi connectivity index (χ1n) is 33.5. The molecule has 3 rings (SSSR count). The van der Waals surface area contributed by atoms with Gasteiger partial charge in [0.2, 0.25) is 17.5 Å². The van der Waals surface area contributed by atoms with E-state index < -0.39 is 130 Å². The zero-order valence-electron chi connectivity index (χ0n) is 57.8. The highest BCUT2D eigenvalue weighted by Crippen LogP contribution is 2.30. The third-order valence-corrected chi connectivity index (χ3v) is 16.1. The van der Waals surface area contributed by atoms with Crippen molar-refractivity contribution < 1.29 is 92.3 Å². The zero-order valence-corrected chi connectivity index (χ0v) is 61.1. The van der Waals surface area contributed by atoms with Gasteiger partial charge in [-0.1, -0.05) is 146 Å². The minimum absolute atomic E-state index is 0.127. The van der Waals surface area contributed by atoms with E-state index in [1.165, 1.54) is 195 Å². The lowest BCUT2D eigenvalue weighted by molar-refractivity contribution is -0.929. The van der Waals surface area contributed by atoms with Crippen LogP contribution in [0.5, 0.6) is 0 Å². The van der Waals surface area contributed by atoms with Crippen molar-refractivity contribution in [1.29, 1.82) is 0 Å². The Morgan fingerprint density at radius 3 is 0.598 bits per heavy atom. The number of unbranched alkanes of at least 4 members (excludes halogenated alkanes) is 11. The maximum Gasteiger partial charge on any atom is 0.200 e. The van der Waals surface area contributed by atoms with Crippen LogP contribution in [-0.2, 0) is 10.4 Å². The summed E-state index contributed by atoms with van der Waals surface area (Å²) in [5, 5.41) is 10.8. The summed E-state index contributed by atoms with van der Waals surface area (Å²) in [6.45, 7) is 33.4. The third-order valence-electron chi connectivity index (χ3n) is 15.3. The van der Waals surface area contributed by atoms with Crippen molar-refractivity contribution in [1.82, 2.24) is 20.9 Å². The second-order valence-electron chi connectivity index (χ2n) is 23.2. The van der Waals surface area contributed by atoms with Gasteiger partial charge in [-0.25, -0.2) is 65.9 Å². The Morgan fingerprint density at radius 2 is 0.454 bits per heavy atom. The molecule has 0 unspecified atom stereocenters. The van der Waals surface area contributed by atoms with Crippen LogP contribution in [0, 0.1) is 87.3 Å². The van der Waals surface area contributed by atoms with Gasteiger partial charge in [-0.05, 0) is 88.0 Å². The summed E-state index contributed by atoms with van der Waals surface area (Å²) < 4.78 is 242. The van der Waals surface area contributed by atoms with Gasteiger partial charge in [-0.3, -0.25) is 13.3 Å². The number of anilines is 3. The number of quaternary nitrogens is 2. The smallest absolute Gasteiger partial charge is 0.200 e. The number of hydrogen-bond donors (Lipinski definition) is 6. The molecule has 562 valence electrons. The molecule has 0 bridgehead atoms. The van der Waals surface area contributed by atoms with Crippen molar-refractivity contribution >= 4 is 79.5 Å². The zero-order chi connectivity index (χ0) is 74.5. The van der Waals surface area contributed by atoms with Gasteiger partial charge >= 0.3 is 0 Å². The lowest BCUT2D eigenvalue weighted by Crippen LogP contribution is -2.50. The first-order chi connectivity index (χ1) is 45.7. The Hall–Kier alpha value is -4.57. The molecular formula is C65H104F15N9O4S4. The highest BCUT2D eigenvalue weighted by Gasteiger charge is 2.30. The van der Waals surface area contributed by atoms with E-state index in [9.17, 15) is 65.9 Å². The Labute approximate surface area is 582 Å². The molecule has 0 saturated heterocycles. The van der Waals surface area contributed by atoms with Crippen molar-refractivity contribution in [2.75, 3.05) is 108 Å². The van der Waals surface area contributed by atoms with E-state index in [-0.39, 0.29) is 39.3 Å². The standard InChI is InChI=1S/C27H18F15N7S3.2C16H36N.C6H14.H2O4S/c28-7-10(31)16(37)22(17(38)11(7)32)46-25(50)43-1-4-49(5-2-44-26(51)47-23-18(39)12(33)8(29)13(34)19(23)40)6-3-45-27(52)48-24-20(41)14(35)9(30)15(36)21(24)42;2*1-5-9-13-17(14-10-6-2,15-11-7-3)16-12-8-4;1-3-5-6-4-2;1-5(2,3)4/h1-6H2,(H2,43,46,50)(H2,44,47,51)(H2,45,48,52);2*5-16H2,1-4H3;3-6H2,1-2H3;(H2,1,2,3,4)/q;2*+1;;/p-2. The number of nitrogens with one attached hydrogen (secondary N) is 6. The predicted molar refractivity (Wildman–Crippen MR) is 367 cm³/mol. The van der Waals surface area contributed by atoms with Crippen LogP contribution >= 0.6 is 36.7 Å². The fourth-order valence-electron chi connectivity index (χ4n) is 9.73. The molecule has 6 N–H and O–H groups in total. The summed E-state index contributed by atoms with van der Waals surface area (Å²) in [5.41, 5.74) is -4.41. The Balaban J connectivity index is 0. The second-order valence-corrected chi connectivity index (χ2v) is 25.3. The van der Waals surface area contributed by atoms with Gasteiger partial charge in [-0.15, -0.1) is 0 Å². The molecule has 0 fully saturated rings. The molecule has 0 aliphatic rings. The highest BCUT2D eigenvalue weighted by atomic mass is 32.3. The highest BCUT2D eigenvalue weighted by molar-refractivity contribution is 7.81. The molecule has 13 nitrogen and oxygen atoms in total. The Bertz CT molecular complexity index is 2470. The van der Waals surface area contributed by atoms with Crippen LogP contribution in [-0.4, -0.2) is 138 Å². The molecular weight excluding hydrogens is 1380 g/mol. The minimum atomic E-state index is -5.17. The fourth-order valence-corrected chi connectivity index (χ4v) is 10.3. The summed E-state index contributed by atoms with van der Waals surface area (Å²) in [5.74, 6) is -34.1. The molecule has 3 aromatic rings. The number of halogens is 15. The minimum Gasteiger partial charge on any atom is -0.759 e. The van der Waals surface area contributed by atoms with Crippen LogP contribution in [0.15, 0.2) is 0 Å². The van der Waals surface area contributed by atoms with Crippen molar-refractivity contribution in [3.05, 3.63) is 87.3 Å². The monoisotopic (exact) mass is 1490 g/mol. The van der Waals surface area contributed by atoms with Gasteiger partial charge < -0.3 is 50.0 Å². The van der Waals surface area contributed by atoms with Crippen LogP contribution in [0.1, 0.15) is 198 Å². The molecule has 0 aromatic heterocycles. The molecule has 0 spiro atoms. The summed E-state index contributed by atoms with van der Waals surface area (Å²) in [6, 6.07) is 0. The summed E-state index contributed by atoms with van der Waals surface area (Å²) in [4.78, 5) is 1.44. The van der Waals surface area contributed by atoms with Crippen LogP contribution in [0.2, 0.25) is 0 Å². The summed E-state index contributed by atoms with van der Waals surface area (Å²) >= 11 is 14.5. The topological polar surface area (TPSA) is 156 Å². The lowest BCUT2D eigenvalue weighted by Gasteiger charge is -2.39. The number of nitrogens with zero attached hydrogens (tertiary/aromatic N) is 3. The lowest BCUT2D eigenvalue weighted by atomic mass is 10.1. The third kappa shape index (κ3) is 37.1. The largest absolute Gasteiger partial charge is 0.759 e. The van der Waals surface area contributed by atoms with Gasteiger partial charge in [0.15, 0.2) is 85.1 Å². The van der Waals surface area contributed by atoms with E-state index >= 15 is 0 Å². The summed E-state index contributed by atoms with van der Waals surface area (Å²) in [6.07, 6.45) is 27.7. The first kappa shape index (κ1) is 94.5. The molecule has 0 aliphatic carbocycles. The van der Waals surface area contributed by atoms with Gasteiger partial charge in [0.25, 0.3) is 0 Å². The maximum absolute atomic E-state index is 14.0. The fraction of sp³-hybridized carbons (Fsp3) is 0.677. The molecule has 0 heterocycles. The van der Waals surface area contributed by atoms with Gasteiger partial charge in [0.1, 0.15) is 17.1 Å². The normalized spacial score (nSPS) is 11.3. The number of thiocarbonyl (C=S) groups is 3. The van der Waals surface area contributed by atoms with Crippen molar-refractivity contribution in [3.8, 4) is 0 Å². The summed E-state index contributed by atoms with van der Waals surface area (Å²) in [7, 11) is -5.17. The van der Waals surface area contributed by atoms with Gasteiger partial charge in [0, 0.05) is 49.7 Å². The van der Waals surface area contributed by atoms with Crippen molar-refractivity contribution in [2.45, 2.75) is 198 Å². The Kier molecular flexibility index (Phi) is 51.1. The Morgan fingerprint density at radius 1 is 0.309 bits per heavy atom. The van der Waals surface area contributed by atoms with E-state index in [0.29, 0.717) is 0 Å². The maximum atomic E-state index is 14.0. The molecule has 3 aromatic carbocycles. The second kappa shape index (κ2) is 52.4. The quantitative estimate of drug-likeness (QED) is 0.00469. The number of benzene rings is 3. The molecule has 0 saturated carbocycles. The van der Waals surface area contributed by atoms with Crippen LogP contribution in [0.4, 0.5) is 82.9 Å². The van der Waals surface area contributed by atoms with E-state index in [1.807, 2.05) is 16.0 Å². The van der Waals surface area contributed by atoms with E-state index in [2.05, 4.69) is 85.2 Å². The molecule has 0 atom stereocenters. The molecule has 0 radical (unpaired) electrons. The van der Waals surface area contributed by atoms with E-state index in [0.717, 1.165) is 0 Å². The molecule has 97 heavy (non-hydrogen) atoms. The number of hydrogen-bond acceptors (Lipinski definition) is 8. The van der Waals surface area contributed by atoms with Gasteiger partial charge in [-0.2, -0.15) is 0 Å². The van der Waals surface area contributed by atoms with E-state index in [4.69, 9.17) is 54.2 Å². The van der Waals surface area contributed by atoms with Gasteiger partial charge in [0.05, 0.1) is 52.4 Å².